The third kappa shape index (κ3) is 2.27. The molecule has 2 aliphatic carbocycles. The van der Waals surface area contributed by atoms with Gasteiger partial charge in [-0.05, 0) is 56.7 Å². The lowest BCUT2D eigenvalue weighted by molar-refractivity contribution is 0.0178. The van der Waals surface area contributed by atoms with Crippen molar-refractivity contribution in [2.24, 2.45) is 5.41 Å². The molecule has 1 spiro atoms. The number of nitrogens with one attached hydrogen (secondary N) is 1. The zero-order chi connectivity index (χ0) is 13.5. The molecule has 0 saturated heterocycles. The van der Waals surface area contributed by atoms with Crippen LogP contribution in [0.1, 0.15) is 43.7 Å². The molecule has 2 nitrogen and oxygen atoms in total. The molecule has 19 heavy (non-hydrogen) atoms. The van der Waals surface area contributed by atoms with Gasteiger partial charge in [-0.1, -0.05) is 22.0 Å². The van der Waals surface area contributed by atoms with Crippen LogP contribution < -0.4 is 0 Å². The molecule has 1 N–H and O–H groups in total. The number of hydrogen-bond acceptors (Lipinski definition) is 2. The van der Waals surface area contributed by atoms with Gasteiger partial charge in [0.15, 0.2) is 0 Å². The van der Waals surface area contributed by atoms with Crippen LogP contribution in [0.25, 0.3) is 0 Å². The summed E-state index contributed by atoms with van der Waals surface area (Å²) in [5.74, 6) is 0. The fourth-order valence-electron chi connectivity index (χ4n) is 3.65. The summed E-state index contributed by atoms with van der Waals surface area (Å²) in [6.45, 7) is 2.87. The minimum Gasteiger partial charge on any atom is -0.379 e. The molecule has 0 bridgehead atoms. The van der Waals surface area contributed by atoms with Crippen molar-refractivity contribution in [1.29, 1.82) is 5.41 Å². The van der Waals surface area contributed by atoms with Crippen LogP contribution >= 0.6 is 15.9 Å². The van der Waals surface area contributed by atoms with Crippen LogP contribution in [0.4, 0.5) is 0 Å². The van der Waals surface area contributed by atoms with Crippen LogP contribution in [-0.4, -0.2) is 18.4 Å². The standard InChI is InChI=1S/C16H20BrNO/c1-2-19-13-5-7-16(8-6-13)10-11-3-4-12(17)9-14(11)15(16)18/h3-4,9,13,18H,2,5-8,10H2,1H3. The largest absolute Gasteiger partial charge is 0.379 e. The third-order valence-electron chi connectivity index (χ3n) is 4.69. The topological polar surface area (TPSA) is 33.1 Å². The van der Waals surface area contributed by atoms with Gasteiger partial charge in [-0.3, -0.25) is 0 Å². The fraction of sp³-hybridized carbons (Fsp3) is 0.562. The molecule has 0 heterocycles. The smallest absolute Gasteiger partial charge is 0.0575 e. The highest BCUT2D eigenvalue weighted by Gasteiger charge is 2.44. The number of fused-ring (bicyclic) bond motifs is 1. The Kier molecular flexibility index (Phi) is 3.52. The van der Waals surface area contributed by atoms with Gasteiger partial charge in [0.2, 0.25) is 0 Å². The minimum absolute atomic E-state index is 0.0940. The van der Waals surface area contributed by atoms with Crippen LogP contribution in [0.15, 0.2) is 22.7 Å². The van der Waals surface area contributed by atoms with E-state index in [9.17, 15) is 0 Å². The van der Waals surface area contributed by atoms with Crippen molar-refractivity contribution in [3.63, 3.8) is 0 Å². The molecular formula is C16H20BrNO. The normalized spacial score (nSPS) is 29.8. The average Bonchev–Trinajstić information content (AvgIpc) is 2.67. The van der Waals surface area contributed by atoms with Crippen LogP contribution in [0, 0.1) is 10.8 Å². The molecule has 2 aliphatic rings. The zero-order valence-electron chi connectivity index (χ0n) is 11.3. The molecule has 1 fully saturated rings. The molecule has 0 atom stereocenters. The second-order valence-electron chi connectivity index (χ2n) is 5.79. The maximum Gasteiger partial charge on any atom is 0.0575 e. The van der Waals surface area contributed by atoms with Crippen molar-refractivity contribution in [3.8, 4) is 0 Å². The molecule has 0 aromatic heterocycles. The van der Waals surface area contributed by atoms with E-state index < -0.39 is 0 Å². The molecule has 0 amide bonds. The van der Waals surface area contributed by atoms with Crippen molar-refractivity contribution in [3.05, 3.63) is 33.8 Å². The van der Waals surface area contributed by atoms with E-state index in [0.29, 0.717) is 6.10 Å². The highest BCUT2D eigenvalue weighted by Crippen LogP contribution is 2.48. The third-order valence-corrected chi connectivity index (χ3v) is 5.19. The van der Waals surface area contributed by atoms with E-state index in [1.807, 2.05) is 0 Å². The van der Waals surface area contributed by atoms with Gasteiger partial charge in [0.25, 0.3) is 0 Å². The van der Waals surface area contributed by atoms with Crippen LogP contribution in [0.3, 0.4) is 0 Å². The summed E-state index contributed by atoms with van der Waals surface area (Å²) in [7, 11) is 0. The molecule has 1 aromatic carbocycles. The molecule has 1 aromatic rings. The van der Waals surface area contributed by atoms with Crippen LogP contribution in [0.5, 0.6) is 0 Å². The van der Waals surface area contributed by atoms with Gasteiger partial charge in [-0.2, -0.15) is 0 Å². The molecular weight excluding hydrogens is 302 g/mol. The van der Waals surface area contributed by atoms with Gasteiger partial charge in [0.1, 0.15) is 0 Å². The van der Waals surface area contributed by atoms with E-state index in [1.54, 1.807) is 0 Å². The summed E-state index contributed by atoms with van der Waals surface area (Å²) < 4.78 is 6.82. The van der Waals surface area contributed by atoms with Gasteiger partial charge < -0.3 is 10.1 Å². The van der Waals surface area contributed by atoms with Crippen molar-refractivity contribution in [1.82, 2.24) is 0 Å². The predicted octanol–water partition coefficient (Wildman–Crippen LogP) is 4.34. The number of halogens is 1. The van der Waals surface area contributed by atoms with E-state index in [0.717, 1.165) is 54.5 Å². The van der Waals surface area contributed by atoms with Crippen molar-refractivity contribution in [2.75, 3.05) is 6.61 Å². The highest BCUT2D eigenvalue weighted by atomic mass is 79.9. The Balaban J connectivity index is 1.80. The summed E-state index contributed by atoms with van der Waals surface area (Å²) in [6.07, 6.45) is 5.87. The van der Waals surface area contributed by atoms with Gasteiger partial charge >= 0.3 is 0 Å². The first-order chi connectivity index (χ1) is 9.14. The van der Waals surface area contributed by atoms with E-state index in [4.69, 9.17) is 10.1 Å². The predicted molar refractivity (Wildman–Crippen MR) is 81.0 cm³/mol. The number of benzene rings is 1. The number of ether oxygens (including phenoxy) is 1. The molecule has 0 radical (unpaired) electrons. The van der Waals surface area contributed by atoms with Crippen molar-refractivity contribution < 1.29 is 4.74 Å². The quantitative estimate of drug-likeness (QED) is 0.863. The Labute approximate surface area is 123 Å². The molecule has 0 aliphatic heterocycles. The minimum atomic E-state index is 0.0940. The Hall–Kier alpha value is -0.670. The monoisotopic (exact) mass is 321 g/mol. The Morgan fingerprint density at radius 1 is 1.37 bits per heavy atom. The van der Waals surface area contributed by atoms with E-state index in [2.05, 4.69) is 41.1 Å². The first kappa shape index (κ1) is 13.3. The van der Waals surface area contributed by atoms with E-state index >= 15 is 0 Å². The SMILES string of the molecule is CCOC1CCC2(CC1)Cc1ccc(Br)cc1C2=N. The van der Waals surface area contributed by atoms with Crippen molar-refractivity contribution >= 4 is 21.6 Å². The lowest BCUT2D eigenvalue weighted by Gasteiger charge is -2.37. The van der Waals surface area contributed by atoms with E-state index in [1.165, 1.54) is 5.56 Å². The first-order valence-corrected chi connectivity index (χ1v) is 7.93. The second kappa shape index (κ2) is 5.02. The Morgan fingerprint density at radius 3 is 2.79 bits per heavy atom. The fourth-order valence-corrected chi connectivity index (χ4v) is 4.01. The highest BCUT2D eigenvalue weighted by molar-refractivity contribution is 9.10. The van der Waals surface area contributed by atoms with Crippen molar-refractivity contribution in [2.45, 2.75) is 45.1 Å². The summed E-state index contributed by atoms with van der Waals surface area (Å²) in [5.41, 5.74) is 3.46. The lowest BCUT2D eigenvalue weighted by atomic mass is 9.70. The molecule has 1 saturated carbocycles. The Morgan fingerprint density at radius 2 is 2.11 bits per heavy atom. The lowest BCUT2D eigenvalue weighted by Crippen LogP contribution is -2.35. The van der Waals surface area contributed by atoms with Gasteiger partial charge in [-0.25, -0.2) is 0 Å². The van der Waals surface area contributed by atoms with Gasteiger partial charge in [0.05, 0.1) is 6.10 Å². The van der Waals surface area contributed by atoms with Gasteiger partial charge in [0, 0.05) is 27.8 Å². The summed E-state index contributed by atoms with van der Waals surface area (Å²) in [5, 5.41) is 8.58. The summed E-state index contributed by atoms with van der Waals surface area (Å²) >= 11 is 3.52. The summed E-state index contributed by atoms with van der Waals surface area (Å²) in [6, 6.07) is 6.38. The maximum absolute atomic E-state index is 8.58. The zero-order valence-corrected chi connectivity index (χ0v) is 12.9. The number of hydrogen-bond donors (Lipinski definition) is 1. The number of rotatable bonds is 2. The Bertz CT molecular complexity index is 503. The average molecular weight is 322 g/mol. The second-order valence-corrected chi connectivity index (χ2v) is 6.70. The van der Waals surface area contributed by atoms with Crippen LogP contribution in [-0.2, 0) is 11.2 Å². The molecule has 102 valence electrons. The molecule has 0 unspecified atom stereocenters. The molecule has 3 heteroatoms. The first-order valence-electron chi connectivity index (χ1n) is 7.14. The van der Waals surface area contributed by atoms with Crippen LogP contribution in [0.2, 0.25) is 0 Å². The maximum atomic E-state index is 8.58. The summed E-state index contributed by atoms with van der Waals surface area (Å²) in [4.78, 5) is 0. The molecule has 3 rings (SSSR count). The van der Waals surface area contributed by atoms with Gasteiger partial charge in [-0.15, -0.1) is 0 Å². The van der Waals surface area contributed by atoms with E-state index in [-0.39, 0.29) is 5.41 Å².